The number of aliphatic carboxylic acids is 1. The molecular weight excluding hydrogens is 725 g/mol. The van der Waals surface area contributed by atoms with E-state index in [1.807, 2.05) is 24.3 Å². The highest BCUT2D eigenvalue weighted by Crippen LogP contribution is 2.14. The van der Waals surface area contributed by atoms with E-state index in [4.69, 9.17) is 20.3 Å². The van der Waals surface area contributed by atoms with Crippen LogP contribution in [0.2, 0.25) is 0 Å². The Morgan fingerprint density at radius 3 is 1.62 bits per heavy atom. The monoisotopic (exact) mass is 811 g/mol. The first kappa shape index (κ1) is 53.2. The highest BCUT2D eigenvalue weighted by Gasteiger charge is 2.15. The minimum absolute atomic E-state index is 0.188. The van der Waals surface area contributed by atoms with Crippen molar-refractivity contribution in [3.8, 4) is 0 Å². The fourth-order valence-electron chi connectivity index (χ4n) is 6.88. The smallest absolute Gasteiger partial charge is 0.320 e. The summed E-state index contributed by atoms with van der Waals surface area (Å²) in [4.78, 5) is 28.3. The van der Waals surface area contributed by atoms with E-state index in [9.17, 15) is 14.7 Å². The predicted molar refractivity (Wildman–Crippen MR) is 244 cm³/mol. The van der Waals surface area contributed by atoms with Crippen molar-refractivity contribution in [3.05, 3.63) is 59.7 Å². The van der Waals surface area contributed by atoms with Crippen LogP contribution in [0, 0.1) is 5.92 Å². The maximum Gasteiger partial charge on any atom is 0.320 e. The Morgan fingerprint density at radius 2 is 1.12 bits per heavy atom. The summed E-state index contributed by atoms with van der Waals surface area (Å²) in [7, 11) is 0. The molecular formula is C50H86N2O6. The Kier molecular flexibility index (Phi) is 36.4. The number of hydrogen-bond acceptors (Lipinski definition) is 7. The molecule has 8 heteroatoms. The normalized spacial score (nSPS) is 13.5. The zero-order chi connectivity index (χ0) is 42.2. The van der Waals surface area contributed by atoms with Gasteiger partial charge in [-0.15, -0.1) is 0 Å². The van der Waals surface area contributed by atoms with E-state index >= 15 is 0 Å². The second kappa shape index (κ2) is 39.6. The van der Waals surface area contributed by atoms with Gasteiger partial charge >= 0.3 is 11.9 Å². The summed E-state index contributed by atoms with van der Waals surface area (Å²) in [5, 5.41) is 19.7. The molecule has 3 unspecified atom stereocenters. The first-order valence-corrected chi connectivity index (χ1v) is 23.7. The minimum atomic E-state index is -1.02. The molecule has 1 aromatic rings. The van der Waals surface area contributed by atoms with Crippen LogP contribution < -0.4 is 5.73 Å². The minimum Gasteiger partial charge on any atom is -0.480 e. The maximum absolute atomic E-state index is 12.6. The Hall–Kier alpha value is -2.81. The Balaban J connectivity index is 2.37. The molecule has 0 bridgehead atoms. The van der Waals surface area contributed by atoms with Crippen molar-refractivity contribution in [2.75, 3.05) is 19.8 Å². The number of aliphatic hydroxyl groups excluding tert-OH is 1. The van der Waals surface area contributed by atoms with Gasteiger partial charge in [0.25, 0.3) is 0 Å². The molecule has 0 radical (unpaired) electrons. The summed E-state index contributed by atoms with van der Waals surface area (Å²) in [5.74, 6) is -1.41. The summed E-state index contributed by atoms with van der Waals surface area (Å²) in [6, 6.07) is 6.53. The lowest BCUT2D eigenvalue weighted by atomic mass is 10.1. The summed E-state index contributed by atoms with van der Waals surface area (Å²) >= 11 is 0. The highest BCUT2D eigenvalue weighted by molar-refractivity contribution is 5.79. The van der Waals surface area contributed by atoms with Gasteiger partial charge < -0.3 is 25.4 Å². The lowest BCUT2D eigenvalue weighted by molar-refractivity contribution is -0.148. The van der Waals surface area contributed by atoms with Gasteiger partial charge in [0.2, 0.25) is 0 Å². The molecule has 1 rings (SSSR count). The molecule has 0 aliphatic rings. The third kappa shape index (κ3) is 34.1. The summed E-state index contributed by atoms with van der Waals surface area (Å²) in [5.41, 5.74) is 7.39. The molecule has 58 heavy (non-hydrogen) atoms. The number of esters is 1. The van der Waals surface area contributed by atoms with Crippen molar-refractivity contribution in [2.24, 2.45) is 16.6 Å². The summed E-state index contributed by atoms with van der Waals surface area (Å²) < 4.78 is 11.5. The number of carbonyl (C=O) groups excluding carboxylic acids is 1. The third-order valence-electron chi connectivity index (χ3n) is 10.7. The number of rotatable bonds is 41. The third-order valence-corrected chi connectivity index (χ3v) is 10.7. The fourth-order valence-corrected chi connectivity index (χ4v) is 6.88. The zero-order valence-electron chi connectivity index (χ0n) is 37.1. The Bertz CT molecular complexity index is 1180. The summed E-state index contributed by atoms with van der Waals surface area (Å²) in [6.45, 7) is 5.34. The molecule has 0 aliphatic carbocycles. The number of unbranched alkanes of at least 4 members (excludes halogenated alkanes) is 22. The number of aliphatic imine (C=N–C) groups is 1. The topological polar surface area (TPSA) is 131 Å². The maximum atomic E-state index is 12.6. The van der Waals surface area contributed by atoms with Crippen LogP contribution in [0.25, 0.3) is 0 Å². The molecule has 0 spiro atoms. The number of nitrogens with two attached hydrogens (primary N) is 1. The van der Waals surface area contributed by atoms with Gasteiger partial charge in [-0.25, -0.2) is 0 Å². The van der Waals surface area contributed by atoms with Crippen molar-refractivity contribution >= 4 is 18.2 Å². The van der Waals surface area contributed by atoms with Crippen LogP contribution in [-0.2, 0) is 25.5 Å². The lowest BCUT2D eigenvalue weighted by Gasteiger charge is -2.18. The van der Waals surface area contributed by atoms with Crippen LogP contribution >= 0.6 is 0 Å². The first-order valence-electron chi connectivity index (χ1n) is 23.7. The van der Waals surface area contributed by atoms with Crippen LogP contribution in [0.5, 0.6) is 0 Å². The molecule has 0 heterocycles. The van der Waals surface area contributed by atoms with Crippen LogP contribution in [0.15, 0.2) is 53.6 Å². The van der Waals surface area contributed by atoms with Crippen LogP contribution in [0.3, 0.4) is 0 Å². The van der Waals surface area contributed by atoms with Gasteiger partial charge in [-0.05, 0) is 88.2 Å². The van der Waals surface area contributed by atoms with Gasteiger partial charge in [0, 0.05) is 25.1 Å². The number of aliphatic hydroxyl groups is 1. The molecule has 0 saturated heterocycles. The lowest BCUT2D eigenvalue weighted by Crippen LogP contribution is -2.32. The standard InChI is InChI=1S/C50H86N2O6/c1-3-5-7-9-11-13-15-17-19-21-23-25-27-29-31-33-48(53)57-42-46(41-52-40-45-37-35-44(36-38-45)39-47(51)50(55)56)43-58-49(54)34-32-30-28-26-24-22-20-18-16-14-12-10-8-6-4-2/h17-20,35-38,40,46-48,53H,3-16,21-34,39,41-43,51H2,1-2H3,(H,55,56)/b19-17+,20-18+,52-40?. The molecule has 0 amide bonds. The van der Waals surface area contributed by atoms with Crippen LogP contribution in [0.1, 0.15) is 205 Å². The van der Waals surface area contributed by atoms with Crippen molar-refractivity contribution in [1.82, 2.24) is 0 Å². The molecule has 0 saturated carbocycles. The van der Waals surface area contributed by atoms with E-state index in [0.29, 0.717) is 19.4 Å². The Labute approximate surface area is 354 Å². The number of benzene rings is 1. The number of hydrogen-bond donors (Lipinski definition) is 3. The number of allylic oxidation sites excluding steroid dienone is 4. The fraction of sp³-hybridized carbons (Fsp3) is 0.740. The van der Waals surface area contributed by atoms with Gasteiger partial charge in [-0.1, -0.05) is 165 Å². The quantitative estimate of drug-likeness (QED) is 0.0197. The Morgan fingerprint density at radius 1 is 0.655 bits per heavy atom. The van der Waals surface area contributed by atoms with E-state index in [1.165, 1.54) is 116 Å². The average molecular weight is 811 g/mol. The summed E-state index contributed by atoms with van der Waals surface area (Å²) in [6.07, 6.45) is 43.3. The molecule has 332 valence electrons. The molecule has 0 aliphatic heterocycles. The second-order valence-electron chi connectivity index (χ2n) is 16.4. The zero-order valence-corrected chi connectivity index (χ0v) is 37.1. The highest BCUT2D eigenvalue weighted by atomic mass is 16.6. The van der Waals surface area contributed by atoms with Gasteiger partial charge in [0.05, 0.1) is 13.2 Å². The van der Waals surface area contributed by atoms with Crippen molar-refractivity contribution in [1.29, 1.82) is 0 Å². The number of carboxylic acid groups (broad SMARTS) is 1. The molecule has 1 aromatic carbocycles. The van der Waals surface area contributed by atoms with E-state index in [0.717, 1.165) is 62.5 Å². The molecule has 4 N–H and O–H groups in total. The van der Waals surface area contributed by atoms with Gasteiger partial charge in [0.1, 0.15) is 6.04 Å². The van der Waals surface area contributed by atoms with Gasteiger partial charge in [-0.3, -0.25) is 14.6 Å². The van der Waals surface area contributed by atoms with Gasteiger partial charge in [0.15, 0.2) is 6.29 Å². The SMILES string of the molecule is CCCCCCCC/C=C/CCCCCCCC(=O)OCC(CN=Cc1ccc(CC(N)C(=O)O)cc1)COC(O)CCCCCCC/C=C/CCCCCCCC. The van der Waals surface area contributed by atoms with E-state index < -0.39 is 18.3 Å². The van der Waals surface area contributed by atoms with Crippen LogP contribution in [-0.4, -0.2) is 60.5 Å². The second-order valence-corrected chi connectivity index (χ2v) is 16.4. The first-order chi connectivity index (χ1) is 28.3. The number of ether oxygens (including phenoxy) is 2. The molecule has 0 aromatic heterocycles. The number of carboxylic acids is 1. The number of nitrogens with zero attached hydrogens (tertiary/aromatic N) is 1. The van der Waals surface area contributed by atoms with E-state index in [-0.39, 0.29) is 31.5 Å². The van der Waals surface area contributed by atoms with E-state index in [2.05, 4.69) is 43.1 Å². The average Bonchev–Trinajstić information content (AvgIpc) is 3.22. The largest absolute Gasteiger partial charge is 0.480 e. The van der Waals surface area contributed by atoms with Gasteiger partial charge in [-0.2, -0.15) is 0 Å². The van der Waals surface area contributed by atoms with Crippen molar-refractivity contribution in [3.63, 3.8) is 0 Å². The number of carbonyl (C=O) groups is 2. The molecule has 3 atom stereocenters. The predicted octanol–water partition coefficient (Wildman–Crippen LogP) is 12.6. The van der Waals surface area contributed by atoms with Crippen molar-refractivity contribution in [2.45, 2.75) is 212 Å². The van der Waals surface area contributed by atoms with Crippen molar-refractivity contribution < 1.29 is 29.3 Å². The molecule has 0 fully saturated rings. The molecule has 8 nitrogen and oxygen atoms in total. The van der Waals surface area contributed by atoms with E-state index in [1.54, 1.807) is 6.21 Å². The van der Waals surface area contributed by atoms with Crippen LogP contribution in [0.4, 0.5) is 0 Å².